The summed E-state index contributed by atoms with van der Waals surface area (Å²) in [6.45, 7) is 3.80. The molecule has 0 N–H and O–H groups in total. The minimum Gasteiger partial charge on any atom is -0.335 e. The van der Waals surface area contributed by atoms with Crippen molar-refractivity contribution in [3.63, 3.8) is 0 Å². The Hall–Kier alpha value is -3.24. The Labute approximate surface area is 204 Å². The number of carbonyl (C=O) groups excluding carboxylic acids is 2. The van der Waals surface area contributed by atoms with E-state index in [0.717, 1.165) is 19.2 Å². The Balaban J connectivity index is 1.19. The molecule has 0 bridgehead atoms. The fourth-order valence-electron chi connectivity index (χ4n) is 4.61. The van der Waals surface area contributed by atoms with E-state index in [1.807, 2.05) is 0 Å². The highest BCUT2D eigenvalue weighted by Crippen LogP contribution is 2.37. The molecule has 0 saturated carbocycles. The van der Waals surface area contributed by atoms with E-state index in [4.69, 9.17) is 0 Å². The first-order valence-corrected chi connectivity index (χ1v) is 12.2. The third kappa shape index (κ3) is 4.81. The molecule has 182 valence electrons. The van der Waals surface area contributed by atoms with Gasteiger partial charge in [0.05, 0.1) is 11.1 Å². The number of carbonyl (C=O) groups is 2. The predicted octanol–water partition coefficient (Wildman–Crippen LogP) is 4.11. The second kappa shape index (κ2) is 9.43. The predicted molar refractivity (Wildman–Crippen MR) is 126 cm³/mol. The third-order valence-electron chi connectivity index (χ3n) is 6.57. The van der Waals surface area contributed by atoms with E-state index in [9.17, 15) is 22.8 Å². The van der Waals surface area contributed by atoms with Gasteiger partial charge in [0.1, 0.15) is 5.69 Å². The number of nitrogens with zero attached hydrogens (tertiary/aromatic N) is 4. The molecule has 2 aromatic carbocycles. The van der Waals surface area contributed by atoms with Gasteiger partial charge in [-0.05, 0) is 29.3 Å². The summed E-state index contributed by atoms with van der Waals surface area (Å²) in [5.74, 6) is -0.242. The van der Waals surface area contributed by atoms with Crippen molar-refractivity contribution in [1.82, 2.24) is 19.7 Å². The Kier molecular flexibility index (Phi) is 6.33. The van der Waals surface area contributed by atoms with Crippen LogP contribution < -0.4 is 0 Å². The van der Waals surface area contributed by atoms with Crippen LogP contribution in [0.1, 0.15) is 26.4 Å². The average molecular weight is 501 g/mol. The van der Waals surface area contributed by atoms with Crippen LogP contribution in [0.4, 0.5) is 13.2 Å². The summed E-state index contributed by atoms with van der Waals surface area (Å²) in [5, 5.41) is 1.75. The Morgan fingerprint density at radius 1 is 0.914 bits per heavy atom. The number of thiazole rings is 1. The number of hydrogen-bond acceptors (Lipinski definition) is 5. The van der Waals surface area contributed by atoms with Crippen molar-refractivity contribution in [1.29, 1.82) is 0 Å². The minimum atomic E-state index is -4.48. The summed E-state index contributed by atoms with van der Waals surface area (Å²) in [6, 6.07) is 12.0. The zero-order valence-electron chi connectivity index (χ0n) is 18.7. The molecule has 5 rings (SSSR count). The molecule has 3 aromatic rings. The lowest BCUT2D eigenvalue weighted by Gasteiger charge is -2.48. The van der Waals surface area contributed by atoms with Gasteiger partial charge in [0.25, 0.3) is 11.8 Å². The van der Waals surface area contributed by atoms with Gasteiger partial charge >= 0.3 is 6.18 Å². The molecule has 0 spiro atoms. The minimum absolute atomic E-state index is 0.0525. The number of halogens is 3. The van der Waals surface area contributed by atoms with Crippen molar-refractivity contribution in [2.75, 3.05) is 39.3 Å². The first-order chi connectivity index (χ1) is 16.8. The maximum absolute atomic E-state index is 13.4. The van der Waals surface area contributed by atoms with E-state index in [1.165, 1.54) is 29.5 Å². The molecule has 2 saturated heterocycles. The Bertz CT molecular complexity index is 1220. The standard InChI is InChI=1S/C25H23F3N4O2S/c26-25(27,28)21-7-2-1-6-20(21)17-4-3-5-18(12-17)23(33)32-13-19(14-32)30-8-10-31(11-9-30)24(34)22-15-35-16-29-22/h1-7,12,15-16,19H,8-11,13-14H2. The van der Waals surface area contributed by atoms with Gasteiger partial charge in [-0.1, -0.05) is 30.3 Å². The molecular formula is C25H23F3N4O2S. The number of amides is 2. The number of hydrogen-bond donors (Lipinski definition) is 0. The SMILES string of the molecule is O=C(c1cccc(-c2ccccc2C(F)(F)F)c1)N1CC(N2CCN(C(=O)c3cscn3)CC2)C1. The molecule has 0 unspecified atom stereocenters. The molecule has 0 aliphatic carbocycles. The van der Waals surface area contributed by atoms with Gasteiger partial charge in [0.2, 0.25) is 0 Å². The molecule has 0 radical (unpaired) electrons. The zero-order chi connectivity index (χ0) is 24.6. The highest BCUT2D eigenvalue weighted by Gasteiger charge is 2.37. The zero-order valence-corrected chi connectivity index (χ0v) is 19.6. The largest absolute Gasteiger partial charge is 0.417 e. The van der Waals surface area contributed by atoms with Crippen LogP contribution in [-0.4, -0.2) is 76.8 Å². The van der Waals surface area contributed by atoms with Gasteiger partial charge in [-0.25, -0.2) is 4.98 Å². The number of benzene rings is 2. The lowest BCUT2D eigenvalue weighted by Crippen LogP contribution is -2.64. The van der Waals surface area contributed by atoms with E-state index >= 15 is 0 Å². The maximum atomic E-state index is 13.4. The summed E-state index contributed by atoms with van der Waals surface area (Å²) in [7, 11) is 0. The average Bonchev–Trinajstić information content (AvgIpc) is 3.38. The number of aromatic nitrogens is 1. The molecular weight excluding hydrogens is 477 g/mol. The molecule has 35 heavy (non-hydrogen) atoms. The molecule has 2 aliphatic heterocycles. The lowest BCUT2D eigenvalue weighted by molar-refractivity contribution is -0.137. The summed E-state index contributed by atoms with van der Waals surface area (Å²) in [5.41, 5.74) is 2.19. The first-order valence-electron chi connectivity index (χ1n) is 11.3. The van der Waals surface area contributed by atoms with Crippen molar-refractivity contribution >= 4 is 23.2 Å². The third-order valence-corrected chi connectivity index (χ3v) is 7.16. The van der Waals surface area contributed by atoms with Crippen molar-refractivity contribution < 1.29 is 22.8 Å². The van der Waals surface area contributed by atoms with Crippen molar-refractivity contribution in [3.05, 3.63) is 76.2 Å². The van der Waals surface area contributed by atoms with Crippen LogP contribution in [0, 0.1) is 0 Å². The molecule has 3 heterocycles. The van der Waals surface area contributed by atoms with Crippen molar-refractivity contribution in [2.24, 2.45) is 0 Å². The maximum Gasteiger partial charge on any atom is 0.417 e. The topological polar surface area (TPSA) is 56.8 Å². The van der Waals surface area contributed by atoms with Crippen LogP contribution in [0.3, 0.4) is 0 Å². The second-order valence-electron chi connectivity index (χ2n) is 8.69. The molecule has 2 fully saturated rings. The fourth-order valence-corrected chi connectivity index (χ4v) is 5.13. The van der Waals surface area contributed by atoms with E-state index in [0.29, 0.717) is 43.0 Å². The lowest BCUT2D eigenvalue weighted by atomic mass is 9.96. The van der Waals surface area contributed by atoms with E-state index in [2.05, 4.69) is 9.88 Å². The molecule has 1 aromatic heterocycles. The summed E-state index contributed by atoms with van der Waals surface area (Å²) in [4.78, 5) is 35.4. The normalized spacial score (nSPS) is 17.3. The smallest absolute Gasteiger partial charge is 0.335 e. The van der Waals surface area contributed by atoms with E-state index < -0.39 is 11.7 Å². The second-order valence-corrected chi connectivity index (χ2v) is 9.41. The number of rotatable bonds is 4. The Morgan fingerprint density at radius 2 is 1.66 bits per heavy atom. The molecule has 2 amide bonds. The summed E-state index contributed by atoms with van der Waals surface area (Å²) >= 11 is 1.40. The van der Waals surface area contributed by atoms with Crippen LogP contribution in [0.15, 0.2) is 59.4 Å². The summed E-state index contributed by atoms with van der Waals surface area (Å²) < 4.78 is 40.3. The number of piperazine rings is 1. The first kappa shape index (κ1) is 23.5. The van der Waals surface area contributed by atoms with Gasteiger partial charge in [-0.2, -0.15) is 13.2 Å². The van der Waals surface area contributed by atoms with E-state index in [1.54, 1.807) is 45.0 Å². The van der Waals surface area contributed by atoms with E-state index in [-0.39, 0.29) is 23.4 Å². The van der Waals surface area contributed by atoms with Gasteiger partial charge in [0.15, 0.2) is 0 Å². The van der Waals surface area contributed by atoms with Crippen LogP contribution in [0.25, 0.3) is 11.1 Å². The van der Waals surface area contributed by atoms with Gasteiger partial charge in [-0.3, -0.25) is 14.5 Å². The van der Waals surface area contributed by atoms with Crippen LogP contribution in [0.5, 0.6) is 0 Å². The van der Waals surface area contributed by atoms with Crippen LogP contribution in [0.2, 0.25) is 0 Å². The van der Waals surface area contributed by atoms with Gasteiger partial charge in [-0.15, -0.1) is 11.3 Å². The molecule has 2 aliphatic rings. The van der Waals surface area contributed by atoms with Gasteiger partial charge < -0.3 is 9.80 Å². The summed E-state index contributed by atoms with van der Waals surface area (Å²) in [6.07, 6.45) is -4.48. The quantitative estimate of drug-likeness (QED) is 0.541. The van der Waals surface area contributed by atoms with Crippen molar-refractivity contribution in [2.45, 2.75) is 12.2 Å². The Morgan fingerprint density at radius 3 is 2.34 bits per heavy atom. The number of likely N-dealkylation sites (tertiary alicyclic amines) is 1. The van der Waals surface area contributed by atoms with Crippen LogP contribution in [-0.2, 0) is 6.18 Å². The molecule has 10 heteroatoms. The highest BCUT2D eigenvalue weighted by molar-refractivity contribution is 7.07. The fraction of sp³-hybridized carbons (Fsp3) is 0.320. The molecule has 0 atom stereocenters. The number of alkyl halides is 3. The van der Waals surface area contributed by atoms with Crippen molar-refractivity contribution in [3.8, 4) is 11.1 Å². The van der Waals surface area contributed by atoms with Gasteiger partial charge in [0, 0.05) is 56.3 Å². The van der Waals surface area contributed by atoms with Crippen LogP contribution >= 0.6 is 11.3 Å². The monoisotopic (exact) mass is 500 g/mol. The molecule has 6 nitrogen and oxygen atoms in total. The highest BCUT2D eigenvalue weighted by atomic mass is 32.1.